The molecule has 0 saturated carbocycles. The predicted octanol–water partition coefficient (Wildman–Crippen LogP) is 4.80. The summed E-state index contributed by atoms with van der Waals surface area (Å²) in [5.74, 6) is -0.455. The fourth-order valence-corrected chi connectivity index (χ4v) is 5.09. The summed E-state index contributed by atoms with van der Waals surface area (Å²) in [7, 11) is -3.77. The molecule has 3 rings (SSSR count). The second-order valence-corrected chi connectivity index (χ2v) is 12.3. The van der Waals surface area contributed by atoms with E-state index in [-0.39, 0.29) is 41.6 Å². The molecule has 202 valence electrons. The van der Waals surface area contributed by atoms with Gasteiger partial charge >= 0.3 is 0 Å². The Morgan fingerprint density at radius 3 is 1.89 bits per heavy atom. The van der Waals surface area contributed by atoms with Crippen LogP contribution in [-0.2, 0) is 26.7 Å². The molecule has 0 spiro atoms. The number of sulfonamides is 1. The van der Waals surface area contributed by atoms with E-state index in [0.29, 0.717) is 11.3 Å². The summed E-state index contributed by atoms with van der Waals surface area (Å²) >= 11 is 0. The van der Waals surface area contributed by atoms with Gasteiger partial charge in [-0.25, -0.2) is 8.42 Å². The van der Waals surface area contributed by atoms with Crippen LogP contribution in [0.5, 0.6) is 0 Å². The Hall–Kier alpha value is -3.65. The molecule has 0 aromatic heterocycles. The summed E-state index contributed by atoms with van der Waals surface area (Å²) in [4.78, 5) is 25.0. The largest absolute Gasteiger partial charge is 0.354 e. The van der Waals surface area contributed by atoms with Crippen LogP contribution in [0.2, 0.25) is 0 Å². The Bertz CT molecular complexity index is 1380. The molecule has 0 bridgehead atoms. The zero-order valence-corrected chi connectivity index (χ0v) is 23.8. The van der Waals surface area contributed by atoms with Gasteiger partial charge in [0.15, 0.2) is 0 Å². The SMILES string of the molecule is Cc1ccc(NS(=O)(=O)c2ccc(C(=O)NCCNC(=O)Cc3c(C)cc(C(C)(C)C)cc3C)cc2)cc1. The Balaban J connectivity index is 1.49. The Morgan fingerprint density at radius 1 is 0.789 bits per heavy atom. The second kappa shape index (κ2) is 11.8. The van der Waals surface area contributed by atoms with Gasteiger partial charge in [-0.15, -0.1) is 0 Å². The monoisotopic (exact) mass is 535 g/mol. The van der Waals surface area contributed by atoms with E-state index in [1.165, 1.54) is 29.8 Å². The normalized spacial score (nSPS) is 11.6. The Labute approximate surface area is 226 Å². The van der Waals surface area contributed by atoms with Gasteiger partial charge in [0.1, 0.15) is 0 Å². The van der Waals surface area contributed by atoms with Gasteiger partial charge in [0, 0.05) is 24.3 Å². The average Bonchev–Trinajstić information content (AvgIpc) is 2.84. The van der Waals surface area contributed by atoms with Crippen molar-refractivity contribution in [3.05, 3.63) is 94.0 Å². The zero-order chi connectivity index (χ0) is 28.1. The summed E-state index contributed by atoms with van der Waals surface area (Å²) in [6, 6.07) is 17.0. The Morgan fingerprint density at radius 2 is 1.34 bits per heavy atom. The lowest BCUT2D eigenvalue weighted by molar-refractivity contribution is -0.120. The molecule has 2 amide bonds. The lowest BCUT2D eigenvalue weighted by atomic mass is 9.83. The lowest BCUT2D eigenvalue weighted by Crippen LogP contribution is -2.35. The first-order valence-electron chi connectivity index (χ1n) is 12.6. The van der Waals surface area contributed by atoms with E-state index < -0.39 is 10.0 Å². The summed E-state index contributed by atoms with van der Waals surface area (Å²) < 4.78 is 27.8. The fourth-order valence-electron chi connectivity index (χ4n) is 4.03. The number of carbonyl (C=O) groups is 2. The van der Waals surface area contributed by atoms with Crippen LogP contribution in [0, 0.1) is 20.8 Å². The van der Waals surface area contributed by atoms with Crippen LogP contribution < -0.4 is 15.4 Å². The van der Waals surface area contributed by atoms with Gasteiger partial charge in [-0.2, -0.15) is 0 Å². The first kappa shape index (κ1) is 28.9. The molecule has 3 aromatic carbocycles. The average molecular weight is 536 g/mol. The molecule has 0 saturated heterocycles. The molecule has 0 aliphatic rings. The van der Waals surface area contributed by atoms with Crippen LogP contribution in [-0.4, -0.2) is 33.3 Å². The molecule has 8 heteroatoms. The van der Waals surface area contributed by atoms with Crippen LogP contribution >= 0.6 is 0 Å². The molecular weight excluding hydrogens is 498 g/mol. The van der Waals surface area contributed by atoms with E-state index in [9.17, 15) is 18.0 Å². The van der Waals surface area contributed by atoms with E-state index in [4.69, 9.17) is 0 Å². The number of rotatable bonds is 9. The van der Waals surface area contributed by atoms with Crippen LogP contribution in [0.1, 0.15) is 58.9 Å². The molecule has 0 atom stereocenters. The fraction of sp³-hybridized carbons (Fsp3) is 0.333. The minimum atomic E-state index is -3.77. The summed E-state index contributed by atoms with van der Waals surface area (Å²) in [5.41, 5.74) is 6.32. The number of nitrogens with one attached hydrogen (secondary N) is 3. The highest BCUT2D eigenvalue weighted by Crippen LogP contribution is 2.27. The Kier molecular flexibility index (Phi) is 8.99. The molecule has 0 radical (unpaired) electrons. The number of amides is 2. The topological polar surface area (TPSA) is 104 Å². The van der Waals surface area contributed by atoms with Gasteiger partial charge in [-0.3, -0.25) is 14.3 Å². The number of carbonyl (C=O) groups excluding carboxylic acids is 2. The smallest absolute Gasteiger partial charge is 0.261 e. The minimum absolute atomic E-state index is 0.0431. The van der Waals surface area contributed by atoms with Crippen molar-refractivity contribution >= 4 is 27.5 Å². The third-order valence-corrected chi connectivity index (χ3v) is 7.76. The zero-order valence-electron chi connectivity index (χ0n) is 22.9. The van der Waals surface area contributed by atoms with Crippen molar-refractivity contribution in [1.29, 1.82) is 0 Å². The number of hydrogen-bond acceptors (Lipinski definition) is 4. The van der Waals surface area contributed by atoms with Crippen molar-refractivity contribution in [2.45, 2.75) is 58.3 Å². The van der Waals surface area contributed by atoms with Crippen molar-refractivity contribution in [2.24, 2.45) is 0 Å². The number of aryl methyl sites for hydroxylation is 3. The van der Waals surface area contributed by atoms with Gasteiger partial charge < -0.3 is 10.6 Å². The first-order valence-corrected chi connectivity index (χ1v) is 14.1. The maximum atomic E-state index is 12.6. The lowest BCUT2D eigenvalue weighted by Gasteiger charge is -2.22. The van der Waals surface area contributed by atoms with Crippen molar-refractivity contribution in [1.82, 2.24) is 10.6 Å². The number of hydrogen-bond donors (Lipinski definition) is 3. The number of anilines is 1. The van der Waals surface area contributed by atoms with Crippen LogP contribution in [0.3, 0.4) is 0 Å². The standard InChI is InChI=1S/C30H37N3O4S/c1-20-7-11-25(12-8-20)33-38(36,37)26-13-9-23(10-14-26)29(35)32-16-15-31-28(34)19-27-21(2)17-24(18-22(27)3)30(4,5)6/h7-14,17-18,33H,15-16,19H2,1-6H3,(H,31,34)(H,32,35). The highest BCUT2D eigenvalue weighted by atomic mass is 32.2. The van der Waals surface area contributed by atoms with Gasteiger partial charge in [-0.05, 0) is 84.8 Å². The van der Waals surface area contributed by atoms with Crippen molar-refractivity contribution < 1.29 is 18.0 Å². The molecule has 0 aliphatic heterocycles. The molecule has 3 N–H and O–H groups in total. The molecule has 7 nitrogen and oxygen atoms in total. The summed E-state index contributed by atoms with van der Waals surface area (Å²) in [5, 5.41) is 5.60. The quantitative estimate of drug-likeness (QED) is 0.343. The molecule has 0 unspecified atom stereocenters. The van der Waals surface area contributed by atoms with Crippen molar-refractivity contribution in [3.63, 3.8) is 0 Å². The minimum Gasteiger partial charge on any atom is -0.354 e. The van der Waals surface area contributed by atoms with E-state index in [0.717, 1.165) is 22.3 Å². The maximum Gasteiger partial charge on any atom is 0.261 e. The van der Waals surface area contributed by atoms with Gasteiger partial charge in [0.2, 0.25) is 5.91 Å². The van der Waals surface area contributed by atoms with E-state index in [1.807, 2.05) is 32.9 Å². The number of benzene rings is 3. The highest BCUT2D eigenvalue weighted by Gasteiger charge is 2.18. The highest BCUT2D eigenvalue weighted by molar-refractivity contribution is 7.92. The third kappa shape index (κ3) is 7.68. The first-order chi connectivity index (χ1) is 17.8. The van der Waals surface area contributed by atoms with Crippen LogP contribution in [0.25, 0.3) is 0 Å². The van der Waals surface area contributed by atoms with Crippen LogP contribution in [0.15, 0.2) is 65.6 Å². The molecule has 0 fully saturated rings. The molecule has 0 aliphatic carbocycles. The molecule has 3 aromatic rings. The summed E-state index contributed by atoms with van der Waals surface area (Å²) in [6.45, 7) is 13.0. The third-order valence-electron chi connectivity index (χ3n) is 6.36. The summed E-state index contributed by atoms with van der Waals surface area (Å²) in [6.07, 6.45) is 0.280. The maximum absolute atomic E-state index is 12.6. The van der Waals surface area contributed by atoms with Crippen molar-refractivity contribution in [2.75, 3.05) is 17.8 Å². The van der Waals surface area contributed by atoms with Gasteiger partial charge in [0.05, 0.1) is 11.3 Å². The predicted molar refractivity (Wildman–Crippen MR) is 152 cm³/mol. The molecule has 0 heterocycles. The van der Waals surface area contributed by atoms with E-state index in [1.54, 1.807) is 12.1 Å². The van der Waals surface area contributed by atoms with Crippen LogP contribution in [0.4, 0.5) is 5.69 Å². The van der Waals surface area contributed by atoms with Gasteiger partial charge in [-0.1, -0.05) is 50.6 Å². The van der Waals surface area contributed by atoms with Crippen molar-refractivity contribution in [3.8, 4) is 0 Å². The molecule has 38 heavy (non-hydrogen) atoms. The van der Waals surface area contributed by atoms with E-state index >= 15 is 0 Å². The van der Waals surface area contributed by atoms with Gasteiger partial charge in [0.25, 0.3) is 15.9 Å². The second-order valence-electron chi connectivity index (χ2n) is 10.6. The van der Waals surface area contributed by atoms with E-state index in [2.05, 4.69) is 48.3 Å². The molecular formula is C30H37N3O4S.